The summed E-state index contributed by atoms with van der Waals surface area (Å²) < 4.78 is 12.2. The molecule has 0 N–H and O–H groups in total. The SMILES string of the molecule is [Ca+2].c1ccc2c(c1)Oc1ccccc1[C-]2c1cccc2ccccc12.c1ccc2c(c1)Oc1ccccc1[C-]2c1cccc2ccccc12. The van der Waals surface area contributed by atoms with E-state index in [-0.39, 0.29) is 37.7 Å². The van der Waals surface area contributed by atoms with Gasteiger partial charge in [0.1, 0.15) is 0 Å². The van der Waals surface area contributed by atoms with Crippen LogP contribution in [0.1, 0.15) is 33.4 Å². The molecule has 228 valence electrons. The van der Waals surface area contributed by atoms with E-state index in [0.29, 0.717) is 0 Å². The van der Waals surface area contributed by atoms with E-state index in [4.69, 9.17) is 9.47 Å². The minimum absolute atomic E-state index is 0. The van der Waals surface area contributed by atoms with Gasteiger partial charge in [-0.3, -0.25) is 0 Å². The van der Waals surface area contributed by atoms with Crippen LogP contribution in [0.4, 0.5) is 0 Å². The fourth-order valence-corrected chi connectivity index (χ4v) is 7.04. The molecule has 8 aromatic rings. The summed E-state index contributed by atoms with van der Waals surface area (Å²) in [6.45, 7) is 0. The Labute approximate surface area is 316 Å². The van der Waals surface area contributed by atoms with Crippen molar-refractivity contribution in [1.82, 2.24) is 0 Å². The van der Waals surface area contributed by atoms with Crippen LogP contribution in [0.25, 0.3) is 21.5 Å². The first-order valence-corrected chi connectivity index (χ1v) is 16.3. The summed E-state index contributed by atoms with van der Waals surface area (Å²) in [5.74, 6) is 6.14. The van der Waals surface area contributed by atoms with Crippen LogP contribution in [0, 0.1) is 11.8 Å². The summed E-state index contributed by atoms with van der Waals surface area (Å²) in [4.78, 5) is 0. The molecule has 0 fully saturated rings. The zero-order valence-corrected chi connectivity index (χ0v) is 29.1. The molecule has 2 nitrogen and oxygen atoms in total. The molecule has 0 atom stereocenters. The van der Waals surface area contributed by atoms with E-state index in [1.54, 1.807) is 0 Å². The van der Waals surface area contributed by atoms with Gasteiger partial charge in [-0.1, -0.05) is 191 Å². The third-order valence-corrected chi connectivity index (χ3v) is 9.18. The van der Waals surface area contributed by atoms with Crippen molar-refractivity contribution in [3.8, 4) is 23.0 Å². The Morgan fingerprint density at radius 1 is 0.265 bits per heavy atom. The van der Waals surface area contributed by atoms with Crippen LogP contribution in [0.5, 0.6) is 23.0 Å². The van der Waals surface area contributed by atoms with Crippen molar-refractivity contribution in [2.45, 2.75) is 0 Å². The normalized spacial score (nSPS) is 12.2. The third kappa shape index (κ3) is 5.62. The standard InChI is InChI=1S/2C23H15O.Ca/c2*1-2-10-17-16(8-1)9-7-13-18(17)23-19-11-3-5-14-21(19)24-22-15-6-4-12-20(22)23;/h2*1-15H;/q2*-1;+2. The van der Waals surface area contributed by atoms with Crippen molar-refractivity contribution in [2.75, 3.05) is 0 Å². The van der Waals surface area contributed by atoms with Gasteiger partial charge < -0.3 is 9.47 Å². The molecule has 0 saturated heterocycles. The summed E-state index contributed by atoms with van der Waals surface area (Å²) in [5.41, 5.74) is 7.08. The van der Waals surface area contributed by atoms with Gasteiger partial charge in [-0.25, -0.2) is 0 Å². The van der Waals surface area contributed by atoms with Crippen molar-refractivity contribution in [1.29, 1.82) is 0 Å². The topological polar surface area (TPSA) is 18.5 Å². The van der Waals surface area contributed by atoms with Gasteiger partial charge in [0, 0.05) is 0 Å². The fraction of sp³-hybridized carbons (Fsp3) is 0. The average Bonchev–Trinajstić information content (AvgIpc) is 3.16. The number of para-hydroxylation sites is 4. The van der Waals surface area contributed by atoms with E-state index in [9.17, 15) is 0 Å². The molecule has 0 radical (unpaired) electrons. The van der Waals surface area contributed by atoms with E-state index in [1.165, 1.54) is 44.5 Å². The van der Waals surface area contributed by atoms with Gasteiger partial charge in [-0.2, -0.15) is 0 Å². The zero-order chi connectivity index (χ0) is 31.9. The number of fused-ring (bicyclic) bond motifs is 6. The van der Waals surface area contributed by atoms with Crippen molar-refractivity contribution in [3.63, 3.8) is 0 Å². The van der Waals surface area contributed by atoms with Gasteiger partial charge in [-0.15, -0.1) is 0 Å². The molecule has 0 spiro atoms. The summed E-state index contributed by atoms with van der Waals surface area (Å²) in [5, 5.41) is 5.04. The van der Waals surface area contributed by atoms with Crippen LogP contribution < -0.4 is 9.47 Å². The summed E-state index contributed by atoms with van der Waals surface area (Å²) in [6.07, 6.45) is 0. The third-order valence-electron chi connectivity index (χ3n) is 9.18. The Bertz CT molecular complexity index is 2170. The number of rotatable bonds is 2. The van der Waals surface area contributed by atoms with Crippen LogP contribution in [-0.4, -0.2) is 37.7 Å². The van der Waals surface area contributed by atoms with Crippen molar-refractivity contribution in [3.05, 3.63) is 227 Å². The van der Waals surface area contributed by atoms with E-state index in [0.717, 1.165) is 45.3 Å². The molecule has 0 bridgehead atoms. The van der Waals surface area contributed by atoms with Crippen molar-refractivity contribution >= 4 is 59.3 Å². The Morgan fingerprint density at radius 3 is 0.898 bits per heavy atom. The van der Waals surface area contributed by atoms with Gasteiger partial charge in [0.2, 0.25) is 0 Å². The molecule has 0 amide bonds. The predicted octanol–water partition coefficient (Wildman–Crippen LogP) is 11.5. The maximum absolute atomic E-state index is 6.12. The second-order valence-corrected chi connectivity index (χ2v) is 12.0. The fourth-order valence-electron chi connectivity index (χ4n) is 7.04. The van der Waals surface area contributed by atoms with Crippen molar-refractivity contribution in [2.24, 2.45) is 0 Å². The van der Waals surface area contributed by atoms with Gasteiger partial charge in [0.15, 0.2) is 0 Å². The zero-order valence-electron chi connectivity index (χ0n) is 26.8. The Hall–Kier alpha value is -5.12. The first-order chi connectivity index (χ1) is 23.8. The molecular formula is C46H30CaO2. The quantitative estimate of drug-likeness (QED) is 0.136. The maximum atomic E-state index is 6.12. The van der Waals surface area contributed by atoms with E-state index in [1.807, 2.05) is 48.5 Å². The number of hydrogen-bond donors (Lipinski definition) is 0. The van der Waals surface area contributed by atoms with Gasteiger partial charge in [0.05, 0.1) is 23.0 Å². The monoisotopic (exact) mass is 654 g/mol. The molecule has 49 heavy (non-hydrogen) atoms. The number of ether oxygens (including phenoxy) is 2. The second kappa shape index (κ2) is 13.4. The predicted molar refractivity (Wildman–Crippen MR) is 201 cm³/mol. The van der Waals surface area contributed by atoms with Gasteiger partial charge >= 0.3 is 37.7 Å². The number of hydrogen-bond acceptors (Lipinski definition) is 2. The average molecular weight is 655 g/mol. The van der Waals surface area contributed by atoms with Crippen molar-refractivity contribution < 1.29 is 9.47 Å². The molecular weight excluding hydrogens is 625 g/mol. The maximum Gasteiger partial charge on any atom is 2.00 e. The Kier molecular flexibility index (Phi) is 8.53. The summed E-state index contributed by atoms with van der Waals surface area (Å²) in [7, 11) is 0. The number of benzene rings is 8. The molecule has 0 aromatic heterocycles. The largest absolute Gasteiger partial charge is 2.00 e. The van der Waals surface area contributed by atoms with Crippen LogP contribution in [0.2, 0.25) is 0 Å². The summed E-state index contributed by atoms with van der Waals surface area (Å²) >= 11 is 0. The van der Waals surface area contributed by atoms with Crippen LogP contribution in [-0.2, 0) is 0 Å². The van der Waals surface area contributed by atoms with Gasteiger partial charge in [0.25, 0.3) is 0 Å². The van der Waals surface area contributed by atoms with Crippen LogP contribution in [0.15, 0.2) is 182 Å². The van der Waals surface area contributed by atoms with Gasteiger partial charge in [-0.05, 0) is 57.3 Å². The molecule has 10 rings (SSSR count). The molecule has 2 heterocycles. The van der Waals surface area contributed by atoms with Crippen LogP contribution in [0.3, 0.4) is 0 Å². The first-order valence-electron chi connectivity index (χ1n) is 16.3. The smallest absolute Gasteiger partial charge is 0.506 e. The minimum atomic E-state index is 0. The molecule has 3 heteroatoms. The molecule has 0 unspecified atom stereocenters. The van der Waals surface area contributed by atoms with E-state index >= 15 is 0 Å². The second-order valence-electron chi connectivity index (χ2n) is 12.0. The molecule has 2 aliphatic rings. The van der Waals surface area contributed by atoms with E-state index in [2.05, 4.69) is 133 Å². The minimum Gasteiger partial charge on any atom is -0.506 e. The summed E-state index contributed by atoms with van der Waals surface area (Å²) in [6, 6.07) is 63.2. The Balaban J connectivity index is 0.000000139. The molecule has 0 aliphatic carbocycles. The molecule has 2 aliphatic heterocycles. The van der Waals surface area contributed by atoms with Crippen LogP contribution >= 0.6 is 0 Å². The Morgan fingerprint density at radius 2 is 0.531 bits per heavy atom. The first kappa shape index (κ1) is 31.2. The molecule has 0 saturated carbocycles. The van der Waals surface area contributed by atoms with E-state index < -0.39 is 0 Å². The molecule has 8 aromatic carbocycles.